The summed E-state index contributed by atoms with van der Waals surface area (Å²) in [6.45, 7) is 2.34. The number of rotatable bonds is 2. The Morgan fingerprint density at radius 3 is 1.17 bits per heavy atom. The van der Waals surface area contributed by atoms with E-state index in [-0.39, 0.29) is 29.6 Å². The zero-order valence-corrected chi connectivity index (χ0v) is 9.94. The summed E-state index contributed by atoms with van der Waals surface area (Å²) in [5.74, 6) is 0. The maximum absolute atomic E-state index is 10.2. The molecule has 7 nitrogen and oxygen atoms in total. The van der Waals surface area contributed by atoms with Gasteiger partial charge in [0.25, 0.3) is 0 Å². The maximum Gasteiger partial charge on any atom is 1.00 e. The molecule has 0 saturated heterocycles. The zero-order valence-electron chi connectivity index (χ0n) is 6.15. The van der Waals surface area contributed by atoms with Crippen LogP contribution in [0.15, 0.2) is 0 Å². The van der Waals surface area contributed by atoms with Crippen LogP contribution in [-0.4, -0.2) is 29.8 Å². The van der Waals surface area contributed by atoms with E-state index in [1.54, 1.807) is 0 Å². The summed E-state index contributed by atoms with van der Waals surface area (Å²) in [4.78, 5) is 32.7. The first-order valence-electron chi connectivity index (χ1n) is 2.19. The number of hydrogen-bond acceptors (Lipinski definition) is 3. The Bertz CT molecular complexity index is 212. The van der Waals surface area contributed by atoms with Gasteiger partial charge in [-0.15, -0.1) is 0 Å². The van der Waals surface area contributed by atoms with Gasteiger partial charge in [-0.05, 0) is 0 Å². The van der Waals surface area contributed by atoms with Gasteiger partial charge in [0.2, 0.25) is 0 Å². The fourth-order valence-corrected chi connectivity index (χ4v) is 1.53. The molecule has 10 heteroatoms. The SMILES string of the molecule is [CH2-]C(O)(P(=O)(O)O)P(=O)(O)O.[Na+]. The summed E-state index contributed by atoms with van der Waals surface area (Å²) < 4.78 is 20.4. The molecule has 0 rings (SSSR count). The van der Waals surface area contributed by atoms with Crippen molar-refractivity contribution in [2.75, 3.05) is 0 Å². The minimum atomic E-state index is -5.31. The van der Waals surface area contributed by atoms with Crippen molar-refractivity contribution in [1.29, 1.82) is 0 Å². The Morgan fingerprint density at radius 1 is 1.00 bits per heavy atom. The third-order valence-corrected chi connectivity index (χ3v) is 4.36. The summed E-state index contributed by atoms with van der Waals surface area (Å²) >= 11 is 0. The average molecular weight is 228 g/mol. The van der Waals surface area contributed by atoms with E-state index in [0.717, 1.165) is 0 Å². The predicted molar refractivity (Wildman–Crippen MR) is 34.4 cm³/mol. The summed E-state index contributed by atoms with van der Waals surface area (Å²) in [7, 11) is -10.6. The van der Waals surface area contributed by atoms with Crippen LogP contribution >= 0.6 is 15.2 Å². The van der Waals surface area contributed by atoms with Crippen LogP contribution in [0.25, 0.3) is 0 Å². The first-order valence-corrected chi connectivity index (χ1v) is 5.41. The van der Waals surface area contributed by atoms with Crippen LogP contribution in [0, 0.1) is 6.92 Å². The summed E-state index contributed by atoms with van der Waals surface area (Å²) in [6, 6.07) is 0. The van der Waals surface area contributed by atoms with Gasteiger partial charge in [0.15, 0.2) is 0 Å². The van der Waals surface area contributed by atoms with Crippen molar-refractivity contribution in [3.05, 3.63) is 6.92 Å². The van der Waals surface area contributed by atoms with Gasteiger partial charge in [-0.3, -0.25) is 16.1 Å². The Hall–Kier alpha value is 1.26. The molecule has 0 saturated carbocycles. The molecular weight excluding hydrogens is 221 g/mol. The number of aliphatic hydroxyl groups is 1. The Kier molecular flexibility index (Phi) is 5.49. The minimum absolute atomic E-state index is 0. The monoisotopic (exact) mass is 228 g/mol. The fourth-order valence-electron chi connectivity index (χ4n) is 0.170. The minimum Gasteiger partial charge on any atom is -0.397 e. The third kappa shape index (κ3) is 3.20. The second-order valence-corrected chi connectivity index (χ2v) is 5.87. The second-order valence-electron chi connectivity index (χ2n) is 1.86. The van der Waals surface area contributed by atoms with Crippen molar-refractivity contribution in [1.82, 2.24) is 0 Å². The van der Waals surface area contributed by atoms with E-state index in [4.69, 9.17) is 24.7 Å². The molecule has 5 N–H and O–H groups in total. The predicted octanol–water partition coefficient (Wildman–Crippen LogP) is -4.17. The van der Waals surface area contributed by atoms with Crippen LogP contribution in [0.3, 0.4) is 0 Å². The van der Waals surface area contributed by atoms with Crippen molar-refractivity contribution in [3.63, 3.8) is 0 Å². The molecule has 0 spiro atoms. The second kappa shape index (κ2) is 4.19. The molecule has 0 aliphatic heterocycles. The Morgan fingerprint density at radius 2 is 1.17 bits per heavy atom. The quantitative estimate of drug-likeness (QED) is 0.184. The molecule has 0 bridgehead atoms. The van der Waals surface area contributed by atoms with Crippen LogP contribution in [-0.2, 0) is 9.13 Å². The van der Waals surface area contributed by atoms with Crippen LogP contribution < -0.4 is 29.6 Å². The molecule has 0 aliphatic rings. The maximum atomic E-state index is 10.2. The van der Waals surface area contributed by atoms with E-state index in [1.165, 1.54) is 0 Å². The molecule has 0 radical (unpaired) electrons. The smallest absolute Gasteiger partial charge is 0.397 e. The van der Waals surface area contributed by atoms with E-state index >= 15 is 0 Å². The molecule has 0 atom stereocenters. The molecule has 0 unspecified atom stereocenters. The topological polar surface area (TPSA) is 135 Å². The fraction of sp³-hybridized carbons (Fsp3) is 0.500. The standard InChI is InChI=1S/C2H7O7P2.Na/c1-2(3,10(4,5)6)11(7,8)9;/h3H,1H2,(H2,4,5,6)(H2,7,8,9);/q-1;+1. The molecule has 12 heavy (non-hydrogen) atoms. The van der Waals surface area contributed by atoms with Gasteiger partial charge in [0.1, 0.15) is 5.08 Å². The van der Waals surface area contributed by atoms with Crippen LogP contribution in [0.2, 0.25) is 0 Å². The van der Waals surface area contributed by atoms with Gasteiger partial charge < -0.3 is 24.7 Å². The molecule has 0 aromatic heterocycles. The summed E-state index contributed by atoms with van der Waals surface area (Å²) in [6.07, 6.45) is 0. The van der Waals surface area contributed by atoms with Crippen molar-refractivity contribution < 1.29 is 63.4 Å². The van der Waals surface area contributed by atoms with Crippen molar-refractivity contribution in [3.8, 4) is 0 Å². The average Bonchev–Trinajstić information content (AvgIpc) is 1.58. The number of hydrogen-bond donors (Lipinski definition) is 5. The van der Waals surface area contributed by atoms with Crippen molar-refractivity contribution in [2.45, 2.75) is 5.08 Å². The van der Waals surface area contributed by atoms with E-state index in [0.29, 0.717) is 0 Å². The molecule has 0 aromatic rings. The van der Waals surface area contributed by atoms with Gasteiger partial charge in [-0.1, -0.05) is 0 Å². The molecule has 0 amide bonds. The first-order chi connectivity index (χ1) is 4.50. The van der Waals surface area contributed by atoms with Gasteiger partial charge in [-0.25, -0.2) is 0 Å². The van der Waals surface area contributed by atoms with E-state index in [9.17, 15) is 9.13 Å². The molecule has 0 fully saturated rings. The Labute approximate surface area is 90.4 Å². The molecule has 68 valence electrons. The van der Waals surface area contributed by atoms with Crippen LogP contribution in [0.1, 0.15) is 0 Å². The van der Waals surface area contributed by atoms with Gasteiger partial charge in [0.05, 0.1) is 0 Å². The van der Waals surface area contributed by atoms with E-state index in [2.05, 4.69) is 6.92 Å². The Balaban J connectivity index is 0. The third-order valence-electron chi connectivity index (χ3n) is 0.933. The van der Waals surface area contributed by atoms with Gasteiger partial charge in [0, 0.05) is 0 Å². The molecular formula is C2H7NaO7P2. The summed E-state index contributed by atoms with van der Waals surface area (Å²) in [5.41, 5.74) is 0. The first kappa shape index (κ1) is 15.7. The van der Waals surface area contributed by atoms with Gasteiger partial charge in [-0.2, -0.15) is 0 Å². The largest absolute Gasteiger partial charge is 1.00 e. The van der Waals surface area contributed by atoms with E-state index in [1.807, 2.05) is 0 Å². The van der Waals surface area contributed by atoms with Crippen LogP contribution in [0.5, 0.6) is 0 Å². The van der Waals surface area contributed by atoms with Crippen molar-refractivity contribution in [2.24, 2.45) is 0 Å². The van der Waals surface area contributed by atoms with Crippen molar-refractivity contribution >= 4 is 15.2 Å². The van der Waals surface area contributed by atoms with Gasteiger partial charge >= 0.3 is 44.7 Å². The zero-order chi connectivity index (χ0) is 9.50. The molecule has 0 aromatic carbocycles. The molecule has 0 aliphatic carbocycles. The molecule has 0 heterocycles. The van der Waals surface area contributed by atoms with E-state index < -0.39 is 20.3 Å². The van der Waals surface area contributed by atoms with Crippen LogP contribution in [0.4, 0.5) is 0 Å². The normalized spacial score (nSPS) is 13.8. The summed E-state index contributed by atoms with van der Waals surface area (Å²) in [5, 5.41) is 5.01.